The van der Waals surface area contributed by atoms with Crippen molar-refractivity contribution in [3.63, 3.8) is 0 Å². The van der Waals surface area contributed by atoms with Crippen molar-refractivity contribution >= 4 is 17.3 Å². The molecule has 0 aliphatic rings. The molecule has 0 radical (unpaired) electrons. The van der Waals surface area contributed by atoms with Crippen LogP contribution in [-0.4, -0.2) is 10.7 Å². The highest BCUT2D eigenvalue weighted by Crippen LogP contribution is 2.15. The molecule has 0 aliphatic heterocycles. The molecule has 3 heteroatoms. The van der Waals surface area contributed by atoms with Crippen LogP contribution in [-0.2, 0) is 0 Å². The van der Waals surface area contributed by atoms with Crippen LogP contribution in [0.25, 0.3) is 0 Å². The van der Waals surface area contributed by atoms with Crippen LogP contribution in [0.4, 0.5) is 0 Å². The Labute approximate surface area is 122 Å². The van der Waals surface area contributed by atoms with Gasteiger partial charge in [0.1, 0.15) is 0 Å². The van der Waals surface area contributed by atoms with Crippen molar-refractivity contribution in [3.8, 4) is 12.3 Å². The summed E-state index contributed by atoms with van der Waals surface area (Å²) < 4.78 is 0. The molecule has 0 aliphatic carbocycles. The number of thiocarbonyl (C=S) groups is 1. The van der Waals surface area contributed by atoms with E-state index >= 15 is 0 Å². The van der Waals surface area contributed by atoms with Crippen LogP contribution < -0.4 is 10.6 Å². The molecular weight excluding hydrogens is 252 g/mol. The van der Waals surface area contributed by atoms with Gasteiger partial charge in [0.05, 0.1) is 11.6 Å². The lowest BCUT2D eigenvalue weighted by Gasteiger charge is -2.30. The van der Waals surface area contributed by atoms with Crippen LogP contribution in [0.15, 0.2) is 30.3 Å². The monoisotopic (exact) mass is 274 g/mol. The van der Waals surface area contributed by atoms with E-state index in [1.807, 2.05) is 18.2 Å². The molecule has 0 aromatic heterocycles. The summed E-state index contributed by atoms with van der Waals surface area (Å²) in [5.41, 5.74) is 0.853. The predicted octanol–water partition coefficient (Wildman–Crippen LogP) is 3.40. The van der Waals surface area contributed by atoms with E-state index < -0.39 is 0 Å². The summed E-state index contributed by atoms with van der Waals surface area (Å²) in [7, 11) is 0. The summed E-state index contributed by atoms with van der Waals surface area (Å²) in [4.78, 5) is 0. The molecule has 0 bridgehead atoms. The second kappa shape index (κ2) is 7.16. The Morgan fingerprint density at radius 2 is 1.89 bits per heavy atom. The van der Waals surface area contributed by atoms with Gasteiger partial charge in [-0.05, 0) is 37.5 Å². The first-order valence-corrected chi connectivity index (χ1v) is 7.09. The third-order valence-corrected chi connectivity index (χ3v) is 3.70. The van der Waals surface area contributed by atoms with Gasteiger partial charge in [0, 0.05) is 0 Å². The standard InChI is InChI=1S/C16H22N2S/c1-5-16(6-2,7-3)18-15(19)17-13(4)14-11-9-8-10-12-14/h1,8-13H,6-7H2,2-4H3,(H2,17,18,19). The van der Waals surface area contributed by atoms with Gasteiger partial charge in [0.2, 0.25) is 0 Å². The quantitative estimate of drug-likeness (QED) is 0.635. The number of benzene rings is 1. The van der Waals surface area contributed by atoms with E-state index in [2.05, 4.69) is 49.5 Å². The molecule has 0 heterocycles. The van der Waals surface area contributed by atoms with Crippen LogP contribution in [0.3, 0.4) is 0 Å². The maximum atomic E-state index is 5.62. The maximum absolute atomic E-state index is 5.62. The zero-order chi connectivity index (χ0) is 14.3. The molecule has 1 unspecified atom stereocenters. The lowest BCUT2D eigenvalue weighted by atomic mass is 9.94. The van der Waals surface area contributed by atoms with E-state index in [1.165, 1.54) is 5.56 Å². The summed E-state index contributed by atoms with van der Waals surface area (Å²) in [5.74, 6) is 2.82. The summed E-state index contributed by atoms with van der Waals surface area (Å²) in [6, 6.07) is 10.4. The first kappa shape index (κ1) is 15.5. The highest BCUT2D eigenvalue weighted by atomic mass is 32.1. The fraction of sp³-hybridized carbons (Fsp3) is 0.438. The Balaban J connectivity index is 2.64. The van der Waals surface area contributed by atoms with Gasteiger partial charge < -0.3 is 10.6 Å². The van der Waals surface area contributed by atoms with Gasteiger partial charge in [-0.3, -0.25) is 0 Å². The van der Waals surface area contributed by atoms with Crippen molar-refractivity contribution in [1.82, 2.24) is 10.6 Å². The Morgan fingerprint density at radius 1 is 1.32 bits per heavy atom. The second-order valence-electron chi connectivity index (χ2n) is 4.66. The molecule has 2 nitrogen and oxygen atoms in total. The molecule has 19 heavy (non-hydrogen) atoms. The number of hydrogen-bond donors (Lipinski definition) is 2. The fourth-order valence-electron chi connectivity index (χ4n) is 1.94. The molecule has 0 amide bonds. The Kier molecular flexibility index (Phi) is 5.85. The zero-order valence-electron chi connectivity index (χ0n) is 11.9. The minimum Gasteiger partial charge on any atom is -0.356 e. The van der Waals surface area contributed by atoms with Gasteiger partial charge in [-0.1, -0.05) is 50.1 Å². The molecule has 0 spiro atoms. The molecule has 0 saturated carbocycles. The first-order valence-electron chi connectivity index (χ1n) is 6.68. The molecule has 1 aromatic rings. The van der Waals surface area contributed by atoms with Gasteiger partial charge >= 0.3 is 0 Å². The molecule has 1 rings (SSSR count). The largest absolute Gasteiger partial charge is 0.356 e. The van der Waals surface area contributed by atoms with E-state index in [4.69, 9.17) is 18.6 Å². The van der Waals surface area contributed by atoms with Crippen molar-refractivity contribution in [1.29, 1.82) is 0 Å². The van der Waals surface area contributed by atoms with Crippen molar-refractivity contribution in [2.45, 2.75) is 45.2 Å². The minimum atomic E-state index is -0.347. The van der Waals surface area contributed by atoms with Crippen LogP contribution in [0.5, 0.6) is 0 Å². The maximum Gasteiger partial charge on any atom is 0.167 e. The number of hydrogen-bond acceptors (Lipinski definition) is 1. The molecule has 102 valence electrons. The number of terminal acetylenes is 1. The van der Waals surface area contributed by atoms with Gasteiger partial charge in [-0.2, -0.15) is 0 Å². The van der Waals surface area contributed by atoms with Crippen LogP contribution in [0, 0.1) is 12.3 Å². The Hall–Kier alpha value is -1.53. The third-order valence-electron chi connectivity index (χ3n) is 3.48. The molecule has 1 aromatic carbocycles. The van der Waals surface area contributed by atoms with Crippen molar-refractivity contribution in [2.75, 3.05) is 0 Å². The Morgan fingerprint density at radius 3 is 2.37 bits per heavy atom. The predicted molar refractivity (Wildman–Crippen MR) is 85.9 cm³/mol. The average molecular weight is 274 g/mol. The lowest BCUT2D eigenvalue weighted by Crippen LogP contribution is -2.50. The topological polar surface area (TPSA) is 24.1 Å². The van der Waals surface area contributed by atoms with E-state index in [-0.39, 0.29) is 11.6 Å². The van der Waals surface area contributed by atoms with Crippen molar-refractivity contribution in [2.24, 2.45) is 0 Å². The van der Waals surface area contributed by atoms with Crippen LogP contribution in [0.1, 0.15) is 45.2 Å². The van der Waals surface area contributed by atoms with Gasteiger partial charge in [-0.25, -0.2) is 0 Å². The second-order valence-corrected chi connectivity index (χ2v) is 5.07. The first-order chi connectivity index (χ1) is 9.06. The third kappa shape index (κ3) is 4.25. The molecule has 2 N–H and O–H groups in total. The van der Waals surface area contributed by atoms with Crippen molar-refractivity contribution in [3.05, 3.63) is 35.9 Å². The van der Waals surface area contributed by atoms with Crippen LogP contribution in [0.2, 0.25) is 0 Å². The van der Waals surface area contributed by atoms with Gasteiger partial charge in [0.15, 0.2) is 5.11 Å². The number of rotatable bonds is 5. The highest BCUT2D eigenvalue weighted by molar-refractivity contribution is 7.80. The molecule has 0 saturated heterocycles. The smallest absolute Gasteiger partial charge is 0.167 e. The van der Waals surface area contributed by atoms with Gasteiger partial charge in [-0.15, -0.1) is 6.42 Å². The SMILES string of the molecule is C#CC(CC)(CC)NC(=S)NC(C)c1ccccc1. The summed E-state index contributed by atoms with van der Waals surface area (Å²) in [5, 5.41) is 7.15. The summed E-state index contributed by atoms with van der Waals surface area (Å²) in [6.07, 6.45) is 7.32. The average Bonchev–Trinajstić information content (AvgIpc) is 2.46. The van der Waals surface area contributed by atoms with Crippen molar-refractivity contribution < 1.29 is 0 Å². The lowest BCUT2D eigenvalue weighted by molar-refractivity contribution is 0.453. The summed E-state index contributed by atoms with van der Waals surface area (Å²) >= 11 is 5.36. The number of nitrogens with one attached hydrogen (secondary N) is 2. The zero-order valence-corrected chi connectivity index (χ0v) is 12.7. The van der Waals surface area contributed by atoms with E-state index in [0.29, 0.717) is 5.11 Å². The fourth-order valence-corrected chi connectivity index (χ4v) is 2.31. The molecule has 1 atom stereocenters. The minimum absolute atomic E-state index is 0.158. The normalized spacial score (nSPS) is 12.3. The highest BCUT2D eigenvalue weighted by Gasteiger charge is 2.24. The summed E-state index contributed by atoms with van der Waals surface area (Å²) in [6.45, 7) is 6.22. The van der Waals surface area contributed by atoms with E-state index in [9.17, 15) is 0 Å². The molecular formula is C16H22N2S. The van der Waals surface area contributed by atoms with E-state index in [0.717, 1.165) is 12.8 Å². The van der Waals surface area contributed by atoms with E-state index in [1.54, 1.807) is 0 Å². The van der Waals surface area contributed by atoms with Crippen LogP contribution >= 0.6 is 12.2 Å². The van der Waals surface area contributed by atoms with Gasteiger partial charge in [0.25, 0.3) is 0 Å². The Bertz CT molecular complexity index is 444. The molecule has 0 fully saturated rings.